The van der Waals surface area contributed by atoms with Gasteiger partial charge in [-0.15, -0.1) is 0 Å². The number of aliphatic hydroxyl groups excluding tert-OH is 2. The van der Waals surface area contributed by atoms with Crippen LogP contribution in [0.4, 0.5) is 5.69 Å². The van der Waals surface area contributed by atoms with E-state index in [1.165, 1.54) is 23.3 Å². The van der Waals surface area contributed by atoms with Gasteiger partial charge in [-0.05, 0) is 95.5 Å². The number of rotatable bonds is 19. The van der Waals surface area contributed by atoms with E-state index >= 15 is 0 Å². The zero-order valence-corrected chi connectivity index (χ0v) is 48.5. The number of carbonyl (C=O) groups is 2. The highest BCUT2D eigenvalue weighted by atomic mass is 31.3. The highest BCUT2D eigenvalue weighted by molar-refractivity contribution is 7.65. The summed E-state index contributed by atoms with van der Waals surface area (Å²) in [5, 5.41) is 26.0. The predicted molar refractivity (Wildman–Crippen MR) is 292 cm³/mol. The summed E-state index contributed by atoms with van der Waals surface area (Å²) in [4.78, 5) is 98.1. The van der Waals surface area contributed by atoms with Gasteiger partial charge in [-0.1, -0.05) is 44.2 Å². The summed E-state index contributed by atoms with van der Waals surface area (Å²) in [6.07, 6.45) is -1.42. The number of nitrogens with one attached hydrogen (secondary N) is 2. The lowest BCUT2D eigenvalue weighted by Gasteiger charge is -2.47. The molecule has 8 atom stereocenters. The monoisotopic (exact) mass is 1170 g/mol. The number of H-pyrrole nitrogens is 1. The number of aromatic amines is 1. The normalized spacial score (nSPS) is 23.5. The van der Waals surface area contributed by atoms with Gasteiger partial charge in [0, 0.05) is 90.5 Å². The van der Waals surface area contributed by atoms with Crippen LogP contribution >= 0.6 is 23.5 Å². The Morgan fingerprint density at radius 2 is 1.65 bits per heavy atom. The topological polar surface area (TPSA) is 332 Å². The van der Waals surface area contributed by atoms with Crippen LogP contribution in [0.5, 0.6) is 11.5 Å². The number of fused-ring (bicyclic) bond motifs is 4. The van der Waals surface area contributed by atoms with Crippen LogP contribution in [-0.2, 0) is 36.4 Å². The van der Waals surface area contributed by atoms with Crippen molar-refractivity contribution in [2.24, 2.45) is 0 Å². The van der Waals surface area contributed by atoms with Crippen LogP contribution in [0.25, 0.3) is 11.6 Å². The third-order valence-corrected chi connectivity index (χ3v) is 18.9. The van der Waals surface area contributed by atoms with Crippen LogP contribution in [0.2, 0.25) is 0 Å². The summed E-state index contributed by atoms with van der Waals surface area (Å²) in [6.45, 7) is 18.7. The summed E-state index contributed by atoms with van der Waals surface area (Å²) in [7, 11) is -15.8. The van der Waals surface area contributed by atoms with E-state index in [4.69, 9.17) is 19.3 Å². The summed E-state index contributed by atoms with van der Waals surface area (Å²) >= 11 is 0. The molecule has 80 heavy (non-hydrogen) atoms. The molecule has 5 heterocycles. The Hall–Kier alpha value is -5.42. The van der Waals surface area contributed by atoms with E-state index in [1.807, 2.05) is 29.2 Å². The summed E-state index contributed by atoms with van der Waals surface area (Å²) in [5.74, 6) is 1.38. The molecule has 3 aromatic carbocycles. The van der Waals surface area contributed by atoms with E-state index < -0.39 is 65.9 Å². The van der Waals surface area contributed by atoms with Gasteiger partial charge in [0.25, 0.3) is 19.3 Å². The molecule has 2 amide bonds. The maximum atomic E-state index is 14.7. The SMILES string of the molecule is CCN1c2cc3c(cc2C(C)CC1(C)C)C(c1ccccc1C(=O)N(C)CCCC(=O)NC/C=C/c1cn([C@@H]2O[C@H](COP(=O)(O)OP(=O)([O-])OP(=O)(O)O)[C@@H](O)[C@H]2O)c(=O)[nH]c1=O)=c1cc2c(cc1O3)=[N+](CC)C(C)(C)CC2C. The van der Waals surface area contributed by atoms with Gasteiger partial charge in [0.2, 0.25) is 11.3 Å². The highest BCUT2D eigenvalue weighted by Crippen LogP contribution is 2.64. The molecule has 0 radical (unpaired) electrons. The molecule has 4 aliphatic rings. The number of nitrogens with zero attached hydrogens (tertiary/aromatic N) is 4. The average Bonchev–Trinajstić information content (AvgIpc) is 3.69. The average molecular weight is 1170 g/mol. The third-order valence-electron chi connectivity index (χ3n) is 15.2. The molecule has 7 N–H and O–H groups in total. The number of amides is 2. The number of phosphoric acid groups is 3. The molecule has 1 saturated heterocycles. The summed E-state index contributed by atoms with van der Waals surface area (Å²) in [5.41, 5.74) is 4.40. The molecule has 27 heteroatoms. The smallest absolute Gasteiger partial charge is 0.478 e. The summed E-state index contributed by atoms with van der Waals surface area (Å²) in [6, 6.07) is 16.5. The second-order valence-electron chi connectivity index (χ2n) is 21.9. The zero-order valence-electron chi connectivity index (χ0n) is 45.9. The second kappa shape index (κ2) is 23.1. The number of hydrogen-bond donors (Lipinski definition) is 7. The van der Waals surface area contributed by atoms with Gasteiger partial charge in [-0.2, -0.15) is 0 Å². The van der Waals surface area contributed by atoms with E-state index in [-0.39, 0.29) is 59.8 Å². The van der Waals surface area contributed by atoms with Crippen LogP contribution in [0.3, 0.4) is 0 Å². The molecular formula is C53H69N6O18P3. The van der Waals surface area contributed by atoms with Crippen LogP contribution in [0.1, 0.15) is 137 Å². The third kappa shape index (κ3) is 12.8. The first-order chi connectivity index (χ1) is 37.4. The molecule has 434 valence electrons. The van der Waals surface area contributed by atoms with Gasteiger partial charge < -0.3 is 54.4 Å². The van der Waals surface area contributed by atoms with Crippen molar-refractivity contribution >= 4 is 52.6 Å². The van der Waals surface area contributed by atoms with Crippen LogP contribution in [0.15, 0.2) is 70.4 Å². The molecule has 0 aliphatic carbocycles. The van der Waals surface area contributed by atoms with E-state index in [0.29, 0.717) is 16.6 Å². The van der Waals surface area contributed by atoms with Crippen LogP contribution in [-0.4, -0.2) is 120 Å². The Bertz CT molecular complexity index is 3540. The maximum Gasteiger partial charge on any atom is 0.478 e. The number of aliphatic hydroxyl groups is 2. The number of carbonyl (C=O) groups excluding carboxylic acids is 2. The molecule has 24 nitrogen and oxygen atoms in total. The van der Waals surface area contributed by atoms with Crippen LogP contribution < -0.4 is 46.2 Å². The fourth-order valence-electron chi connectivity index (χ4n) is 11.8. The Morgan fingerprint density at radius 3 is 2.34 bits per heavy atom. The van der Waals surface area contributed by atoms with Crippen molar-refractivity contribution in [1.29, 1.82) is 0 Å². The minimum Gasteiger partial charge on any atom is -0.756 e. The van der Waals surface area contributed by atoms with Gasteiger partial charge in [-0.3, -0.25) is 33.0 Å². The van der Waals surface area contributed by atoms with Crippen molar-refractivity contribution in [3.8, 4) is 11.5 Å². The van der Waals surface area contributed by atoms with Gasteiger partial charge in [0.15, 0.2) is 11.8 Å². The number of phosphoric ester groups is 1. The van der Waals surface area contributed by atoms with Crippen molar-refractivity contribution in [1.82, 2.24) is 24.3 Å². The fourth-order valence-corrected chi connectivity index (χ4v) is 14.8. The lowest BCUT2D eigenvalue weighted by atomic mass is 9.77. The van der Waals surface area contributed by atoms with Crippen molar-refractivity contribution in [3.63, 3.8) is 0 Å². The number of hydrogen-bond acceptors (Lipinski definition) is 16. The first-order valence-electron chi connectivity index (χ1n) is 26.2. The first-order valence-corrected chi connectivity index (χ1v) is 30.7. The quantitative estimate of drug-likeness (QED) is 0.0456. The van der Waals surface area contributed by atoms with E-state index in [0.717, 1.165) is 76.6 Å². The largest absolute Gasteiger partial charge is 0.756 e. The molecular weight excluding hydrogens is 1100 g/mol. The van der Waals surface area contributed by atoms with Crippen molar-refractivity contribution in [3.05, 3.63) is 126 Å². The number of ether oxygens (including phenoxy) is 2. The number of aromatic nitrogens is 2. The van der Waals surface area contributed by atoms with Crippen molar-refractivity contribution < 1.29 is 75.7 Å². The minimum atomic E-state index is -6.11. The van der Waals surface area contributed by atoms with Gasteiger partial charge >= 0.3 is 21.3 Å². The molecule has 4 unspecified atom stereocenters. The Kier molecular flexibility index (Phi) is 17.5. The fraction of sp³-hybridized carbons (Fsp3) is 0.491. The van der Waals surface area contributed by atoms with Crippen molar-refractivity contribution in [2.45, 2.75) is 129 Å². The molecule has 0 saturated carbocycles. The molecule has 0 bridgehead atoms. The maximum absolute atomic E-state index is 14.7. The second-order valence-corrected chi connectivity index (χ2v) is 26.2. The molecule has 8 rings (SSSR count). The van der Waals surface area contributed by atoms with Gasteiger partial charge in [0.1, 0.15) is 36.4 Å². The molecule has 0 spiro atoms. The van der Waals surface area contributed by atoms with E-state index in [1.54, 1.807) is 11.9 Å². The Labute approximate surface area is 461 Å². The Morgan fingerprint density at radius 1 is 0.950 bits per heavy atom. The van der Waals surface area contributed by atoms with E-state index in [2.05, 4.69) is 108 Å². The standard InChI is InChI=1S/C53H69N6O18P3/c1-10-58-39-24-41-37(22-35(39)30(3)26-52(58,5)6)45(38-23-36-31(4)27-53(7,8)59(11-2)40(36)25-42(38)74-41)33-17-12-13-18-34(33)49(64)56(9)21-15-19-44(60)54-20-14-16-32-28-57(51(65)55-48(32)63)50-47(62)46(61)43(75-50)29-73-79(69,70)77-80(71,72)76-78(66,67)68/h12-14,16-18,22-25,28,30-31,43,46-47,50,61-62H,10-11,15,19-21,26-27,29H2,1-9H3,(H5-,54,55,60,63,65,66,67,68,69,70,71,72)/b16-14+/t30?,31?,43-,46-,47-,50-/m1/s1. The predicted octanol–water partition coefficient (Wildman–Crippen LogP) is 3.81. The molecule has 4 aromatic rings. The minimum absolute atomic E-state index is 0.0388. The van der Waals surface area contributed by atoms with Crippen molar-refractivity contribution in [2.75, 3.05) is 44.7 Å². The molecule has 1 fully saturated rings. The Balaban J connectivity index is 0.953. The van der Waals surface area contributed by atoms with Gasteiger partial charge in [-0.25, -0.2) is 27.1 Å². The van der Waals surface area contributed by atoms with Crippen LogP contribution in [0, 0.1) is 0 Å². The molecule has 1 aromatic heterocycles. The number of benzene rings is 3. The highest BCUT2D eigenvalue weighted by Gasteiger charge is 2.46. The van der Waals surface area contributed by atoms with Gasteiger partial charge in [0.05, 0.1) is 18.2 Å². The molecule has 4 aliphatic heterocycles. The number of anilines is 1. The first kappa shape index (κ1) is 60.7. The summed E-state index contributed by atoms with van der Waals surface area (Å²) < 4.78 is 61.7. The zero-order chi connectivity index (χ0) is 58.6. The van der Waals surface area contributed by atoms with E-state index in [9.17, 15) is 52.9 Å². The lowest BCUT2D eigenvalue weighted by molar-refractivity contribution is -0.211. The lowest BCUT2D eigenvalue weighted by Crippen LogP contribution is -2.52.